The minimum atomic E-state index is -3.90. The van der Waals surface area contributed by atoms with Crippen LogP contribution in [0, 0.1) is 5.92 Å². The summed E-state index contributed by atoms with van der Waals surface area (Å²) in [5, 5.41) is 3.98. The molecular formula is C24H29Cl4N3O4S. The lowest BCUT2D eigenvalue weighted by atomic mass is 10.1. The maximum atomic E-state index is 13.7. The Morgan fingerprint density at radius 2 is 1.64 bits per heavy atom. The summed E-state index contributed by atoms with van der Waals surface area (Å²) >= 11 is 24.4. The third-order valence-electron chi connectivity index (χ3n) is 5.30. The van der Waals surface area contributed by atoms with E-state index in [0.717, 1.165) is 10.6 Å². The summed E-state index contributed by atoms with van der Waals surface area (Å²) in [6.07, 6.45) is 1.28. The zero-order valence-electron chi connectivity index (χ0n) is 20.4. The fourth-order valence-corrected chi connectivity index (χ4v) is 5.03. The van der Waals surface area contributed by atoms with Gasteiger partial charge >= 0.3 is 0 Å². The molecule has 0 fully saturated rings. The van der Waals surface area contributed by atoms with Gasteiger partial charge in [0.1, 0.15) is 12.6 Å². The third-order valence-corrected chi connectivity index (χ3v) is 7.76. The third kappa shape index (κ3) is 8.42. The summed E-state index contributed by atoms with van der Waals surface area (Å²) in [6.45, 7) is 5.53. The van der Waals surface area contributed by atoms with Crippen molar-refractivity contribution in [2.24, 2.45) is 5.92 Å². The smallest absolute Gasteiger partial charge is 0.244 e. The molecule has 0 aliphatic carbocycles. The Hall–Kier alpha value is -1.71. The van der Waals surface area contributed by atoms with Crippen LogP contribution in [0.15, 0.2) is 36.4 Å². The number of benzene rings is 2. The molecule has 0 radical (unpaired) electrons. The normalized spacial score (nSPS) is 12.4. The first-order valence-corrected chi connectivity index (χ1v) is 14.5. The second kappa shape index (κ2) is 13.2. The van der Waals surface area contributed by atoms with Crippen LogP contribution in [-0.2, 0) is 26.2 Å². The van der Waals surface area contributed by atoms with Gasteiger partial charge in [-0.25, -0.2) is 8.42 Å². The van der Waals surface area contributed by atoms with Crippen LogP contribution in [0.4, 0.5) is 5.69 Å². The van der Waals surface area contributed by atoms with E-state index in [1.54, 1.807) is 25.1 Å². The second-order valence-electron chi connectivity index (χ2n) is 8.69. The molecule has 2 rings (SSSR count). The lowest BCUT2D eigenvalue weighted by molar-refractivity contribution is -0.140. The Morgan fingerprint density at radius 3 is 2.17 bits per heavy atom. The molecule has 0 bridgehead atoms. The fraction of sp³-hybridized carbons (Fsp3) is 0.417. The van der Waals surface area contributed by atoms with Crippen LogP contribution in [0.2, 0.25) is 20.1 Å². The van der Waals surface area contributed by atoms with Gasteiger partial charge in [-0.2, -0.15) is 0 Å². The number of nitrogens with one attached hydrogen (secondary N) is 1. The Morgan fingerprint density at radius 1 is 0.972 bits per heavy atom. The van der Waals surface area contributed by atoms with Gasteiger partial charge in [0.05, 0.1) is 22.0 Å². The van der Waals surface area contributed by atoms with E-state index in [4.69, 9.17) is 46.4 Å². The molecule has 0 aliphatic rings. The van der Waals surface area contributed by atoms with Gasteiger partial charge in [0, 0.05) is 23.1 Å². The summed E-state index contributed by atoms with van der Waals surface area (Å²) in [4.78, 5) is 28.1. The van der Waals surface area contributed by atoms with E-state index in [-0.39, 0.29) is 34.1 Å². The van der Waals surface area contributed by atoms with Gasteiger partial charge in [-0.05, 0) is 48.2 Å². The molecule has 0 saturated heterocycles. The molecule has 0 saturated carbocycles. The number of carbonyl (C=O) groups is 2. The maximum Gasteiger partial charge on any atom is 0.244 e. The Bertz CT molecular complexity index is 1210. The first kappa shape index (κ1) is 30.5. The van der Waals surface area contributed by atoms with Gasteiger partial charge in [0.15, 0.2) is 0 Å². The van der Waals surface area contributed by atoms with Crippen molar-refractivity contribution < 1.29 is 18.0 Å². The minimum Gasteiger partial charge on any atom is -0.354 e. The van der Waals surface area contributed by atoms with Crippen LogP contribution in [0.5, 0.6) is 0 Å². The number of sulfonamides is 1. The number of halogens is 4. The average molecular weight is 597 g/mol. The molecule has 0 unspecified atom stereocenters. The number of nitrogens with zero attached hydrogens (tertiary/aromatic N) is 2. The molecule has 0 heterocycles. The van der Waals surface area contributed by atoms with E-state index in [9.17, 15) is 18.0 Å². The van der Waals surface area contributed by atoms with Crippen LogP contribution in [-0.4, -0.2) is 50.5 Å². The van der Waals surface area contributed by atoms with Gasteiger partial charge in [-0.15, -0.1) is 0 Å². The van der Waals surface area contributed by atoms with Gasteiger partial charge in [0.2, 0.25) is 21.8 Å². The van der Waals surface area contributed by atoms with Crippen molar-refractivity contribution in [2.75, 3.05) is 23.7 Å². The average Bonchev–Trinajstić information content (AvgIpc) is 2.78. The van der Waals surface area contributed by atoms with Crippen molar-refractivity contribution in [3.05, 3.63) is 62.1 Å². The highest BCUT2D eigenvalue weighted by molar-refractivity contribution is 7.92. The zero-order chi connectivity index (χ0) is 27.2. The number of carbonyl (C=O) groups excluding carboxylic acids is 2. The van der Waals surface area contributed by atoms with Crippen LogP contribution < -0.4 is 9.62 Å². The molecule has 0 spiro atoms. The second-order valence-corrected chi connectivity index (χ2v) is 12.3. The molecular weight excluding hydrogens is 568 g/mol. The summed E-state index contributed by atoms with van der Waals surface area (Å²) in [5.41, 5.74) is 0.729. The van der Waals surface area contributed by atoms with E-state index < -0.39 is 28.5 Å². The molecule has 0 aromatic heterocycles. The predicted octanol–water partition coefficient (Wildman–Crippen LogP) is 5.65. The van der Waals surface area contributed by atoms with Gasteiger partial charge in [-0.1, -0.05) is 73.2 Å². The van der Waals surface area contributed by atoms with Crippen molar-refractivity contribution in [1.29, 1.82) is 0 Å². The lowest BCUT2D eigenvalue weighted by Crippen LogP contribution is -2.52. The van der Waals surface area contributed by atoms with Crippen molar-refractivity contribution >= 4 is 73.9 Å². The van der Waals surface area contributed by atoms with Crippen LogP contribution in [0.25, 0.3) is 0 Å². The molecule has 0 aliphatic heterocycles. The monoisotopic (exact) mass is 595 g/mol. The van der Waals surface area contributed by atoms with Gasteiger partial charge < -0.3 is 10.2 Å². The largest absolute Gasteiger partial charge is 0.354 e. The molecule has 2 aromatic carbocycles. The SMILES string of the molecule is CC[C@@H](C(=O)NCC(C)C)N(Cc1ccc(Cl)cc1Cl)C(=O)CN(c1ccc(Cl)c(Cl)c1)S(C)(=O)=O. The number of amides is 2. The van der Waals surface area contributed by atoms with Crippen molar-refractivity contribution in [2.45, 2.75) is 39.8 Å². The highest BCUT2D eigenvalue weighted by Crippen LogP contribution is 2.29. The van der Waals surface area contributed by atoms with Crippen LogP contribution in [0.3, 0.4) is 0 Å². The lowest BCUT2D eigenvalue weighted by Gasteiger charge is -2.33. The topological polar surface area (TPSA) is 86.8 Å². The van der Waals surface area contributed by atoms with Crippen molar-refractivity contribution in [3.63, 3.8) is 0 Å². The van der Waals surface area contributed by atoms with E-state index >= 15 is 0 Å². The number of hydrogen-bond acceptors (Lipinski definition) is 4. The molecule has 1 atom stereocenters. The highest BCUT2D eigenvalue weighted by atomic mass is 35.5. The molecule has 198 valence electrons. The first-order chi connectivity index (χ1) is 16.7. The summed E-state index contributed by atoms with van der Waals surface area (Å²) in [5.74, 6) is -0.731. The van der Waals surface area contributed by atoms with Crippen LogP contribution in [0.1, 0.15) is 32.8 Å². The Balaban J connectivity index is 2.48. The standard InChI is InChI=1S/C24H29Cl4N3O4S/c1-5-22(24(33)29-12-15(2)3)30(13-16-6-7-17(25)10-20(16)27)23(32)14-31(36(4,34)35)18-8-9-19(26)21(28)11-18/h6-11,15,22H,5,12-14H2,1-4H3,(H,29,33)/t22-/m0/s1. The molecule has 1 N–H and O–H groups in total. The quantitative estimate of drug-likeness (QED) is 0.363. The van der Waals surface area contributed by atoms with Crippen molar-refractivity contribution in [3.8, 4) is 0 Å². The Labute approximate surface area is 232 Å². The minimum absolute atomic E-state index is 0.0264. The summed E-state index contributed by atoms with van der Waals surface area (Å²) in [6, 6.07) is 8.24. The predicted molar refractivity (Wildman–Crippen MR) is 148 cm³/mol. The number of rotatable bonds is 11. The molecule has 2 amide bonds. The van der Waals surface area contributed by atoms with E-state index in [1.807, 2.05) is 13.8 Å². The zero-order valence-corrected chi connectivity index (χ0v) is 24.2. The highest BCUT2D eigenvalue weighted by Gasteiger charge is 2.32. The fourth-order valence-electron chi connectivity index (χ4n) is 3.43. The maximum absolute atomic E-state index is 13.7. The molecule has 2 aromatic rings. The van der Waals surface area contributed by atoms with E-state index in [0.29, 0.717) is 28.6 Å². The van der Waals surface area contributed by atoms with Crippen LogP contribution >= 0.6 is 46.4 Å². The van der Waals surface area contributed by atoms with Gasteiger partial charge in [0.25, 0.3) is 0 Å². The van der Waals surface area contributed by atoms with Crippen molar-refractivity contribution in [1.82, 2.24) is 10.2 Å². The van der Waals surface area contributed by atoms with E-state index in [2.05, 4.69) is 5.32 Å². The molecule has 12 heteroatoms. The molecule has 7 nitrogen and oxygen atoms in total. The summed E-state index contributed by atoms with van der Waals surface area (Å²) < 4.78 is 26.2. The van der Waals surface area contributed by atoms with E-state index in [1.165, 1.54) is 23.1 Å². The summed E-state index contributed by atoms with van der Waals surface area (Å²) in [7, 11) is -3.90. The molecule has 36 heavy (non-hydrogen) atoms. The first-order valence-electron chi connectivity index (χ1n) is 11.2. The van der Waals surface area contributed by atoms with Gasteiger partial charge in [-0.3, -0.25) is 13.9 Å². The Kier molecular flexibility index (Phi) is 11.2. The number of anilines is 1. The number of hydrogen-bond donors (Lipinski definition) is 1.